The van der Waals surface area contributed by atoms with Gasteiger partial charge in [-0.2, -0.15) is 0 Å². The lowest BCUT2D eigenvalue weighted by molar-refractivity contribution is 0.0690. The number of carboxylic acid groups (broad SMARTS) is 1. The second-order valence-electron chi connectivity index (χ2n) is 4.58. The van der Waals surface area contributed by atoms with Gasteiger partial charge in [-0.25, -0.2) is 14.8 Å². The van der Waals surface area contributed by atoms with Crippen LogP contribution in [0.1, 0.15) is 35.8 Å². The first-order valence-corrected chi connectivity index (χ1v) is 5.95. The Kier molecular flexibility index (Phi) is 3.46. The predicted octanol–water partition coefficient (Wildman–Crippen LogP) is 2.55. The minimum absolute atomic E-state index is 0.101. The van der Waals surface area contributed by atoms with Gasteiger partial charge < -0.3 is 10.8 Å². The summed E-state index contributed by atoms with van der Waals surface area (Å²) in [6.07, 6.45) is 0. The molecule has 0 unspecified atom stereocenters. The topological polar surface area (TPSA) is 89.1 Å². The fraction of sp³-hybridized carbons (Fsp3) is 0.214. The molecule has 0 aliphatic carbocycles. The third kappa shape index (κ3) is 2.88. The van der Waals surface area contributed by atoms with Crippen LogP contribution in [0, 0.1) is 0 Å². The Morgan fingerprint density at radius 2 is 1.84 bits per heavy atom. The van der Waals surface area contributed by atoms with E-state index in [1.54, 1.807) is 0 Å². The first kappa shape index (κ1) is 13.0. The van der Waals surface area contributed by atoms with E-state index < -0.39 is 5.97 Å². The molecule has 0 radical (unpaired) electrons. The van der Waals surface area contributed by atoms with Crippen LogP contribution < -0.4 is 5.73 Å². The van der Waals surface area contributed by atoms with Crippen LogP contribution >= 0.6 is 0 Å². The van der Waals surface area contributed by atoms with Gasteiger partial charge in [-0.3, -0.25) is 0 Å². The molecule has 0 bridgehead atoms. The van der Waals surface area contributed by atoms with Crippen molar-refractivity contribution in [2.45, 2.75) is 19.8 Å². The predicted molar refractivity (Wildman–Crippen MR) is 72.9 cm³/mol. The minimum Gasteiger partial charge on any atom is -0.477 e. The highest BCUT2D eigenvalue weighted by Crippen LogP contribution is 2.21. The summed E-state index contributed by atoms with van der Waals surface area (Å²) >= 11 is 0. The highest BCUT2D eigenvalue weighted by Gasteiger charge is 2.10. The third-order valence-corrected chi connectivity index (χ3v) is 2.80. The smallest absolute Gasteiger partial charge is 0.354 e. The molecule has 0 saturated heterocycles. The van der Waals surface area contributed by atoms with Crippen molar-refractivity contribution in [2.24, 2.45) is 0 Å². The molecule has 0 fully saturated rings. The van der Waals surface area contributed by atoms with Crippen molar-refractivity contribution in [3.63, 3.8) is 0 Å². The minimum atomic E-state index is -1.12. The molecular weight excluding hydrogens is 242 g/mol. The van der Waals surface area contributed by atoms with Crippen molar-refractivity contribution in [1.82, 2.24) is 9.97 Å². The van der Waals surface area contributed by atoms with Crippen molar-refractivity contribution in [3.05, 3.63) is 41.6 Å². The van der Waals surface area contributed by atoms with Gasteiger partial charge in [0.2, 0.25) is 0 Å². The molecule has 0 aliphatic rings. The van der Waals surface area contributed by atoms with Crippen LogP contribution in [-0.4, -0.2) is 21.0 Å². The average Bonchev–Trinajstić information content (AvgIpc) is 2.38. The Balaban J connectivity index is 2.43. The molecule has 19 heavy (non-hydrogen) atoms. The van der Waals surface area contributed by atoms with Crippen LogP contribution in [0.5, 0.6) is 0 Å². The number of hydrogen-bond acceptors (Lipinski definition) is 4. The quantitative estimate of drug-likeness (QED) is 0.882. The summed E-state index contributed by atoms with van der Waals surface area (Å²) < 4.78 is 0. The first-order chi connectivity index (χ1) is 8.97. The molecule has 5 heteroatoms. The van der Waals surface area contributed by atoms with E-state index in [0.29, 0.717) is 11.7 Å². The zero-order chi connectivity index (χ0) is 14.0. The highest BCUT2D eigenvalue weighted by molar-refractivity contribution is 5.86. The number of rotatable bonds is 3. The van der Waals surface area contributed by atoms with Crippen LogP contribution in [0.4, 0.5) is 5.82 Å². The molecule has 1 aromatic heterocycles. The van der Waals surface area contributed by atoms with Crippen molar-refractivity contribution in [2.75, 3.05) is 5.73 Å². The van der Waals surface area contributed by atoms with Crippen molar-refractivity contribution in [3.8, 4) is 11.4 Å². The number of aromatic nitrogens is 2. The SMILES string of the molecule is CC(C)c1ccc(-c2nc(N)cc(C(=O)O)n2)cc1. The van der Waals surface area contributed by atoms with E-state index in [9.17, 15) is 4.79 Å². The summed E-state index contributed by atoms with van der Waals surface area (Å²) in [4.78, 5) is 19.0. The zero-order valence-corrected chi connectivity index (χ0v) is 10.8. The molecule has 2 aromatic rings. The molecular formula is C14H15N3O2. The molecule has 3 N–H and O–H groups in total. The Bertz CT molecular complexity index is 607. The Labute approximate surface area is 111 Å². The average molecular weight is 257 g/mol. The fourth-order valence-electron chi connectivity index (χ4n) is 1.72. The van der Waals surface area contributed by atoms with E-state index in [1.807, 2.05) is 24.3 Å². The van der Waals surface area contributed by atoms with E-state index in [4.69, 9.17) is 10.8 Å². The number of anilines is 1. The maximum Gasteiger partial charge on any atom is 0.354 e. The molecule has 5 nitrogen and oxygen atoms in total. The van der Waals surface area contributed by atoms with Crippen LogP contribution in [0.3, 0.4) is 0 Å². The van der Waals surface area contributed by atoms with E-state index in [0.717, 1.165) is 5.56 Å². The summed E-state index contributed by atoms with van der Waals surface area (Å²) in [7, 11) is 0. The Morgan fingerprint density at radius 3 is 2.37 bits per heavy atom. The number of hydrogen-bond donors (Lipinski definition) is 2. The van der Waals surface area contributed by atoms with E-state index >= 15 is 0 Å². The van der Waals surface area contributed by atoms with Gasteiger partial charge in [0.15, 0.2) is 11.5 Å². The van der Waals surface area contributed by atoms with Crippen molar-refractivity contribution >= 4 is 11.8 Å². The summed E-state index contributed by atoms with van der Waals surface area (Å²) in [5, 5.41) is 8.95. The second-order valence-corrected chi connectivity index (χ2v) is 4.58. The number of nitrogens with two attached hydrogens (primary N) is 1. The van der Waals surface area contributed by atoms with Crippen LogP contribution in [-0.2, 0) is 0 Å². The van der Waals surface area contributed by atoms with Gasteiger partial charge >= 0.3 is 5.97 Å². The van der Waals surface area contributed by atoms with Crippen molar-refractivity contribution in [1.29, 1.82) is 0 Å². The maximum absolute atomic E-state index is 10.9. The molecule has 0 aliphatic heterocycles. The van der Waals surface area contributed by atoms with Crippen LogP contribution in [0.25, 0.3) is 11.4 Å². The molecule has 98 valence electrons. The van der Waals surface area contributed by atoms with E-state index in [1.165, 1.54) is 11.6 Å². The molecule has 2 rings (SSSR count). The summed E-state index contributed by atoms with van der Waals surface area (Å²) in [5.74, 6) is -0.206. The molecule has 0 spiro atoms. The summed E-state index contributed by atoms with van der Waals surface area (Å²) in [6, 6.07) is 8.94. The van der Waals surface area contributed by atoms with Gasteiger partial charge in [-0.1, -0.05) is 38.1 Å². The standard InChI is InChI=1S/C14H15N3O2/c1-8(2)9-3-5-10(6-4-9)13-16-11(14(18)19)7-12(15)17-13/h3-8H,1-2H3,(H,18,19)(H2,15,16,17). The lowest BCUT2D eigenvalue weighted by Gasteiger charge is -2.07. The number of nitrogens with zero attached hydrogens (tertiary/aromatic N) is 2. The van der Waals surface area contributed by atoms with Gasteiger partial charge in [0.1, 0.15) is 5.82 Å². The third-order valence-electron chi connectivity index (χ3n) is 2.80. The lowest BCUT2D eigenvalue weighted by Crippen LogP contribution is -2.05. The highest BCUT2D eigenvalue weighted by atomic mass is 16.4. The number of carboxylic acids is 1. The monoisotopic (exact) mass is 257 g/mol. The van der Waals surface area contributed by atoms with Gasteiger partial charge in [0, 0.05) is 11.6 Å². The lowest BCUT2D eigenvalue weighted by atomic mass is 10.0. The number of benzene rings is 1. The van der Waals surface area contributed by atoms with Gasteiger partial charge in [0.25, 0.3) is 0 Å². The van der Waals surface area contributed by atoms with Crippen LogP contribution in [0.15, 0.2) is 30.3 Å². The number of aromatic carboxylic acids is 1. The fourth-order valence-corrected chi connectivity index (χ4v) is 1.72. The summed E-state index contributed by atoms with van der Waals surface area (Å²) in [5.41, 5.74) is 7.45. The molecule has 0 atom stereocenters. The van der Waals surface area contributed by atoms with E-state index in [2.05, 4.69) is 23.8 Å². The zero-order valence-electron chi connectivity index (χ0n) is 10.8. The van der Waals surface area contributed by atoms with Gasteiger partial charge in [-0.05, 0) is 11.5 Å². The maximum atomic E-state index is 10.9. The second kappa shape index (κ2) is 5.06. The molecule has 0 amide bonds. The van der Waals surface area contributed by atoms with Gasteiger partial charge in [-0.15, -0.1) is 0 Å². The van der Waals surface area contributed by atoms with Crippen molar-refractivity contribution < 1.29 is 9.90 Å². The normalized spacial score (nSPS) is 10.7. The summed E-state index contributed by atoms with van der Waals surface area (Å²) in [6.45, 7) is 4.21. The Morgan fingerprint density at radius 1 is 1.21 bits per heavy atom. The molecule has 1 heterocycles. The molecule has 1 aromatic carbocycles. The Hall–Kier alpha value is -2.43. The number of carbonyl (C=O) groups is 1. The van der Waals surface area contributed by atoms with Gasteiger partial charge in [0.05, 0.1) is 0 Å². The van der Waals surface area contributed by atoms with Crippen LogP contribution in [0.2, 0.25) is 0 Å². The molecule has 0 saturated carbocycles. The number of nitrogen functional groups attached to an aromatic ring is 1. The van der Waals surface area contributed by atoms with E-state index in [-0.39, 0.29) is 11.5 Å². The largest absolute Gasteiger partial charge is 0.477 e. The first-order valence-electron chi connectivity index (χ1n) is 5.95.